The van der Waals surface area contributed by atoms with E-state index in [4.69, 9.17) is 0 Å². The van der Waals surface area contributed by atoms with Gasteiger partial charge in [-0.05, 0) is 121 Å². The second kappa shape index (κ2) is 10.7. The van der Waals surface area contributed by atoms with E-state index in [1.807, 2.05) is 0 Å². The van der Waals surface area contributed by atoms with Crippen LogP contribution in [0.15, 0.2) is 12.2 Å². The second-order valence-electron chi connectivity index (χ2n) is 16.0. The summed E-state index contributed by atoms with van der Waals surface area (Å²) in [5, 5.41) is 36.8. The smallest absolute Gasteiger partial charge is 0.0556 e. The van der Waals surface area contributed by atoms with Crippen LogP contribution in [0.3, 0.4) is 0 Å². The summed E-state index contributed by atoms with van der Waals surface area (Å²) < 4.78 is 0. The van der Waals surface area contributed by atoms with Crippen LogP contribution in [-0.4, -0.2) is 60.8 Å². The maximum atomic E-state index is 10.9. The third kappa shape index (κ3) is 4.34. The monoisotopic (exact) mass is 544 g/mol. The number of nitrogens with one attached hydrogen (secondary N) is 2. The molecule has 5 rings (SSSR count). The standard InChI is InChI=1S/C34H60N2O3/c1-23(21-35-17-19-37)24-9-14-34(22-39)16-15-32(5)25(29(24)34)7-8-27-31(4)12-11-28(36-18-20-38)30(2,3)26(31)10-13-33(27,32)6/h24-29,35-39H,1,7-22H2,2-6H3/t24-,25+,26-,27+,28?,29+,31-,32+,33+,34+/m0/s1. The van der Waals surface area contributed by atoms with Gasteiger partial charge in [-0.15, -0.1) is 0 Å². The zero-order valence-corrected chi connectivity index (χ0v) is 25.8. The maximum Gasteiger partial charge on any atom is 0.0556 e. The van der Waals surface area contributed by atoms with E-state index in [1.165, 1.54) is 50.5 Å². The lowest BCUT2D eigenvalue weighted by Crippen LogP contribution is -2.67. The molecule has 5 fully saturated rings. The van der Waals surface area contributed by atoms with Gasteiger partial charge in [0.1, 0.15) is 0 Å². The van der Waals surface area contributed by atoms with Gasteiger partial charge in [0, 0.05) is 32.3 Å². The summed E-state index contributed by atoms with van der Waals surface area (Å²) >= 11 is 0. The second-order valence-corrected chi connectivity index (χ2v) is 16.0. The molecule has 0 aromatic carbocycles. The number of fused-ring (bicyclic) bond motifs is 7. The third-order valence-corrected chi connectivity index (χ3v) is 14.6. The van der Waals surface area contributed by atoms with Crippen molar-refractivity contribution in [2.24, 2.45) is 56.7 Å². The van der Waals surface area contributed by atoms with Gasteiger partial charge in [-0.2, -0.15) is 0 Å². The average molecular weight is 545 g/mol. The molecular weight excluding hydrogens is 484 g/mol. The summed E-state index contributed by atoms with van der Waals surface area (Å²) in [5.41, 5.74) is 2.58. The summed E-state index contributed by atoms with van der Waals surface area (Å²) in [7, 11) is 0. The van der Waals surface area contributed by atoms with Gasteiger partial charge in [0.2, 0.25) is 0 Å². The fraction of sp³-hybridized carbons (Fsp3) is 0.941. The Hall–Kier alpha value is -0.460. The maximum absolute atomic E-state index is 10.9. The van der Waals surface area contributed by atoms with Crippen molar-refractivity contribution in [3.8, 4) is 0 Å². The molecule has 0 aromatic rings. The zero-order valence-electron chi connectivity index (χ0n) is 25.8. The molecule has 5 nitrogen and oxygen atoms in total. The highest BCUT2D eigenvalue weighted by Crippen LogP contribution is 2.77. The Labute approximate surface area is 239 Å². The van der Waals surface area contributed by atoms with E-state index in [9.17, 15) is 15.3 Å². The molecule has 1 unspecified atom stereocenters. The fourth-order valence-corrected chi connectivity index (χ4v) is 12.5. The van der Waals surface area contributed by atoms with Crippen LogP contribution in [0.2, 0.25) is 0 Å². The van der Waals surface area contributed by atoms with Crippen LogP contribution in [0.5, 0.6) is 0 Å². The SMILES string of the molecule is C=C(CNCCO)[C@@H]1CC[C@]2(CO)CC[C@]3(C)[C@H](CC[C@@H]4[C@@]5(C)CCC(NCCO)C(C)(C)[C@@H]5CC[C@]43C)[C@@H]12. The number of hydrogen-bond acceptors (Lipinski definition) is 5. The van der Waals surface area contributed by atoms with Crippen LogP contribution in [0.1, 0.15) is 98.8 Å². The molecule has 0 amide bonds. The largest absolute Gasteiger partial charge is 0.396 e. The normalized spacial score (nSPS) is 48.5. The molecule has 224 valence electrons. The summed E-state index contributed by atoms with van der Waals surface area (Å²) in [6.07, 6.45) is 12.5. The first kappa shape index (κ1) is 30.0. The first-order valence-corrected chi connectivity index (χ1v) is 16.4. The first-order chi connectivity index (χ1) is 18.4. The molecule has 39 heavy (non-hydrogen) atoms. The summed E-state index contributed by atoms with van der Waals surface area (Å²) in [6.45, 7) is 20.5. The molecule has 5 aliphatic carbocycles. The van der Waals surface area contributed by atoms with Crippen LogP contribution in [-0.2, 0) is 0 Å². The Balaban J connectivity index is 1.44. The average Bonchev–Trinajstić information content (AvgIpc) is 3.29. The molecule has 5 saturated carbocycles. The van der Waals surface area contributed by atoms with Crippen molar-refractivity contribution in [1.82, 2.24) is 10.6 Å². The predicted molar refractivity (Wildman–Crippen MR) is 159 cm³/mol. The fourth-order valence-electron chi connectivity index (χ4n) is 12.5. The van der Waals surface area contributed by atoms with Crippen molar-refractivity contribution in [1.29, 1.82) is 0 Å². The molecule has 0 heterocycles. The Kier molecular flexibility index (Phi) is 8.21. The highest BCUT2D eigenvalue weighted by Gasteiger charge is 2.70. The quantitative estimate of drug-likeness (QED) is 0.205. The van der Waals surface area contributed by atoms with Gasteiger partial charge in [0.05, 0.1) is 13.2 Å². The van der Waals surface area contributed by atoms with E-state index >= 15 is 0 Å². The Morgan fingerprint density at radius 3 is 2.21 bits per heavy atom. The van der Waals surface area contributed by atoms with E-state index < -0.39 is 0 Å². The predicted octanol–water partition coefficient (Wildman–Crippen LogP) is 5.15. The molecule has 0 aromatic heterocycles. The van der Waals surface area contributed by atoms with Gasteiger partial charge in [-0.3, -0.25) is 0 Å². The minimum atomic E-state index is 0.0670. The molecule has 0 saturated heterocycles. The number of aliphatic hydroxyl groups excluding tert-OH is 3. The van der Waals surface area contributed by atoms with Crippen molar-refractivity contribution >= 4 is 0 Å². The Bertz CT molecular complexity index is 907. The lowest BCUT2D eigenvalue weighted by molar-refractivity contribution is -0.241. The van der Waals surface area contributed by atoms with Gasteiger partial charge >= 0.3 is 0 Å². The van der Waals surface area contributed by atoms with Crippen molar-refractivity contribution in [3.63, 3.8) is 0 Å². The number of hydrogen-bond donors (Lipinski definition) is 5. The van der Waals surface area contributed by atoms with Gasteiger partial charge in [-0.25, -0.2) is 0 Å². The molecular formula is C34H60N2O3. The van der Waals surface area contributed by atoms with E-state index in [2.05, 4.69) is 51.8 Å². The number of rotatable bonds is 9. The van der Waals surface area contributed by atoms with Crippen molar-refractivity contribution in [2.45, 2.75) is 105 Å². The van der Waals surface area contributed by atoms with Gasteiger partial charge < -0.3 is 26.0 Å². The molecule has 5 heteroatoms. The van der Waals surface area contributed by atoms with Crippen LogP contribution in [0, 0.1) is 56.7 Å². The van der Waals surface area contributed by atoms with Crippen molar-refractivity contribution < 1.29 is 15.3 Å². The van der Waals surface area contributed by atoms with E-state index in [0.717, 1.165) is 31.7 Å². The zero-order chi connectivity index (χ0) is 28.3. The van der Waals surface area contributed by atoms with Crippen LogP contribution in [0.25, 0.3) is 0 Å². The third-order valence-electron chi connectivity index (χ3n) is 14.6. The first-order valence-electron chi connectivity index (χ1n) is 16.4. The van der Waals surface area contributed by atoms with E-state index in [1.54, 1.807) is 0 Å². The van der Waals surface area contributed by atoms with Crippen molar-refractivity contribution in [3.05, 3.63) is 12.2 Å². The van der Waals surface area contributed by atoms with Gasteiger partial charge in [-0.1, -0.05) is 46.8 Å². The topological polar surface area (TPSA) is 84.8 Å². The van der Waals surface area contributed by atoms with Crippen molar-refractivity contribution in [2.75, 3.05) is 39.5 Å². The molecule has 10 atom stereocenters. The Morgan fingerprint density at radius 2 is 1.51 bits per heavy atom. The summed E-state index contributed by atoms with van der Waals surface area (Å²) in [4.78, 5) is 0. The Morgan fingerprint density at radius 1 is 0.769 bits per heavy atom. The highest BCUT2D eigenvalue weighted by molar-refractivity contribution is 5.22. The van der Waals surface area contributed by atoms with Crippen LogP contribution in [0.4, 0.5) is 0 Å². The highest BCUT2D eigenvalue weighted by atomic mass is 16.3. The van der Waals surface area contributed by atoms with E-state index in [0.29, 0.717) is 65.7 Å². The summed E-state index contributed by atoms with van der Waals surface area (Å²) in [5.74, 6) is 3.12. The molecule has 0 spiro atoms. The van der Waals surface area contributed by atoms with Gasteiger partial charge in [0.25, 0.3) is 0 Å². The number of aliphatic hydroxyl groups is 3. The lowest BCUT2D eigenvalue weighted by atomic mass is 9.32. The molecule has 0 radical (unpaired) electrons. The van der Waals surface area contributed by atoms with Crippen LogP contribution >= 0.6 is 0 Å². The van der Waals surface area contributed by atoms with Gasteiger partial charge in [0.15, 0.2) is 0 Å². The molecule has 5 aliphatic rings. The van der Waals surface area contributed by atoms with Crippen LogP contribution < -0.4 is 10.6 Å². The minimum Gasteiger partial charge on any atom is -0.396 e. The molecule has 0 bridgehead atoms. The molecule has 5 N–H and O–H groups in total. The lowest BCUT2D eigenvalue weighted by Gasteiger charge is -2.73. The molecule has 0 aliphatic heterocycles. The van der Waals surface area contributed by atoms with E-state index in [-0.39, 0.29) is 24.0 Å². The summed E-state index contributed by atoms with van der Waals surface area (Å²) in [6, 6.07) is 0.489. The minimum absolute atomic E-state index is 0.0670.